The van der Waals surface area contributed by atoms with Crippen LogP contribution in [0.1, 0.15) is 53.4 Å². The lowest BCUT2D eigenvalue weighted by atomic mass is 10.2. The van der Waals surface area contributed by atoms with Gasteiger partial charge in [-0.25, -0.2) is 0 Å². The van der Waals surface area contributed by atoms with Crippen LogP contribution in [0.25, 0.3) is 0 Å². The van der Waals surface area contributed by atoms with Crippen LogP contribution >= 0.6 is 6.72 Å². The third-order valence-electron chi connectivity index (χ3n) is 2.02. The zero-order valence-corrected chi connectivity index (χ0v) is 11.8. The van der Waals surface area contributed by atoms with Gasteiger partial charge < -0.3 is 13.9 Å². The summed E-state index contributed by atoms with van der Waals surface area (Å²) < 4.78 is 10.7. The van der Waals surface area contributed by atoms with E-state index in [-0.39, 0.29) is 12.2 Å². The van der Waals surface area contributed by atoms with Crippen molar-refractivity contribution in [2.45, 2.75) is 65.6 Å². The van der Waals surface area contributed by atoms with Gasteiger partial charge in [0, 0.05) is 0 Å². The van der Waals surface area contributed by atoms with Crippen molar-refractivity contribution in [3.63, 3.8) is 0 Å². The minimum atomic E-state index is -3.03. The topological polar surface area (TPSA) is 38.7 Å². The summed E-state index contributed by atoms with van der Waals surface area (Å²) in [7, 11) is 0. The molecule has 2 unspecified atom stereocenters. The van der Waals surface area contributed by atoms with E-state index < -0.39 is 6.72 Å². The Morgan fingerprint density at radius 3 is 1.67 bits per heavy atom. The van der Waals surface area contributed by atoms with E-state index in [1.54, 1.807) is 0 Å². The van der Waals surface area contributed by atoms with E-state index in [0.29, 0.717) is 0 Å². The zero-order valence-electron chi connectivity index (χ0n) is 10.1. The third kappa shape index (κ3) is 8.35. The first-order chi connectivity index (χ1) is 6.91. The highest BCUT2D eigenvalue weighted by molar-refractivity contribution is 8.07. The zero-order chi connectivity index (χ0) is 11.9. The van der Waals surface area contributed by atoms with Crippen LogP contribution in [0, 0.1) is 0 Å². The Labute approximate surface area is 98.4 Å². The van der Waals surface area contributed by atoms with Crippen molar-refractivity contribution in [1.82, 2.24) is 0 Å². The molecule has 5 heteroatoms. The van der Waals surface area contributed by atoms with E-state index in [4.69, 9.17) is 20.9 Å². The Hall–Kier alpha value is 0.530. The van der Waals surface area contributed by atoms with E-state index in [9.17, 15) is 4.89 Å². The molecule has 0 aromatic heterocycles. The van der Waals surface area contributed by atoms with Gasteiger partial charge in [-0.05, 0) is 38.5 Å². The van der Waals surface area contributed by atoms with Crippen LogP contribution in [0.4, 0.5) is 0 Å². The van der Waals surface area contributed by atoms with Crippen LogP contribution in [-0.4, -0.2) is 17.1 Å². The average Bonchev–Trinajstić information content (AvgIpc) is 2.01. The first kappa shape index (κ1) is 15.5. The first-order valence-corrected chi connectivity index (χ1v) is 8.20. The Morgan fingerprint density at radius 1 is 1.07 bits per heavy atom. The van der Waals surface area contributed by atoms with Crippen molar-refractivity contribution in [3.05, 3.63) is 0 Å². The lowest BCUT2D eigenvalue weighted by molar-refractivity contribution is 0.113. The van der Waals surface area contributed by atoms with Crippen LogP contribution in [0.15, 0.2) is 0 Å². The van der Waals surface area contributed by atoms with E-state index >= 15 is 0 Å². The lowest BCUT2D eigenvalue weighted by Crippen LogP contribution is -2.11. The van der Waals surface area contributed by atoms with Crippen LogP contribution in [0.2, 0.25) is 0 Å². The summed E-state index contributed by atoms with van der Waals surface area (Å²) in [5, 5.41) is 0. The maximum Gasteiger partial charge on any atom is 0.325 e. The highest BCUT2D eigenvalue weighted by Crippen LogP contribution is 2.47. The normalized spacial score (nSPS) is 19.5. The van der Waals surface area contributed by atoms with Gasteiger partial charge in [0.25, 0.3) is 0 Å². The molecule has 2 atom stereocenters. The fourth-order valence-electron chi connectivity index (χ4n) is 1.40. The van der Waals surface area contributed by atoms with Gasteiger partial charge in [-0.1, -0.05) is 26.7 Å². The second-order valence-electron chi connectivity index (χ2n) is 3.88. The quantitative estimate of drug-likeness (QED) is 0.671. The monoisotopic (exact) mass is 254 g/mol. The largest absolute Gasteiger partial charge is 0.325 e. The fraction of sp³-hybridized carbons (Fsp3) is 1.00. The molecule has 0 aliphatic carbocycles. The van der Waals surface area contributed by atoms with Crippen LogP contribution < -0.4 is 0 Å². The molecule has 0 bridgehead atoms. The molecule has 0 amide bonds. The van der Waals surface area contributed by atoms with Crippen LogP contribution in [0.3, 0.4) is 0 Å². The summed E-state index contributed by atoms with van der Waals surface area (Å²) in [6, 6.07) is 0. The van der Waals surface area contributed by atoms with Gasteiger partial charge in [-0.2, -0.15) is 0 Å². The molecule has 0 spiro atoms. The smallest absolute Gasteiger partial charge is 0.324 e. The molecule has 0 aliphatic rings. The molecule has 0 aliphatic heterocycles. The number of rotatable bonds is 8. The molecule has 92 valence electrons. The maximum atomic E-state index is 9.79. The predicted molar refractivity (Wildman–Crippen MR) is 67.4 cm³/mol. The summed E-state index contributed by atoms with van der Waals surface area (Å²) in [4.78, 5) is 9.79. The number of hydrogen-bond donors (Lipinski definition) is 1. The predicted octanol–water partition coefficient (Wildman–Crippen LogP) is 3.61. The van der Waals surface area contributed by atoms with E-state index in [2.05, 4.69) is 13.8 Å². The Kier molecular flexibility index (Phi) is 8.02. The van der Waals surface area contributed by atoms with Crippen molar-refractivity contribution in [1.29, 1.82) is 0 Å². The molecule has 0 saturated carbocycles. The fourth-order valence-corrected chi connectivity index (χ4v) is 3.45. The molecule has 0 aromatic rings. The van der Waals surface area contributed by atoms with Gasteiger partial charge in [-0.3, -0.25) is 0 Å². The molecule has 15 heavy (non-hydrogen) atoms. The van der Waals surface area contributed by atoms with E-state index in [0.717, 1.165) is 25.7 Å². The second kappa shape index (κ2) is 7.75. The highest BCUT2D eigenvalue weighted by atomic mass is 32.5. The molecule has 0 saturated heterocycles. The van der Waals surface area contributed by atoms with E-state index in [1.165, 1.54) is 0 Å². The molecular formula is C10H23O3PS. The highest BCUT2D eigenvalue weighted by Gasteiger charge is 2.21. The van der Waals surface area contributed by atoms with Crippen molar-refractivity contribution in [2.75, 3.05) is 0 Å². The summed E-state index contributed by atoms with van der Waals surface area (Å²) in [6.45, 7) is 4.93. The van der Waals surface area contributed by atoms with Crippen LogP contribution in [0.5, 0.6) is 0 Å². The number of hydrogen-bond acceptors (Lipinski definition) is 3. The molecule has 1 N–H and O–H groups in total. The molecule has 0 rings (SSSR count). The lowest BCUT2D eigenvalue weighted by Gasteiger charge is -2.23. The standard InChI is InChI=1S/C10H23O3PS/c1-5-7-9(3)12-14(11,15)13-10(4)8-6-2/h9-10H,5-8H2,1-4H3,(H,11,15). The molecule has 0 radical (unpaired) electrons. The maximum absolute atomic E-state index is 9.79. The Balaban J connectivity index is 4.00. The van der Waals surface area contributed by atoms with Crippen molar-refractivity contribution in [2.24, 2.45) is 0 Å². The van der Waals surface area contributed by atoms with Gasteiger partial charge in [0.15, 0.2) is 0 Å². The Morgan fingerprint density at radius 2 is 1.40 bits per heavy atom. The van der Waals surface area contributed by atoms with E-state index in [1.807, 2.05) is 13.8 Å². The van der Waals surface area contributed by atoms with Crippen molar-refractivity contribution < 1.29 is 13.9 Å². The first-order valence-electron chi connectivity index (χ1n) is 5.60. The van der Waals surface area contributed by atoms with Gasteiger partial charge in [0.05, 0.1) is 12.2 Å². The third-order valence-corrected chi connectivity index (χ3v) is 3.79. The van der Waals surface area contributed by atoms with Crippen molar-refractivity contribution in [3.8, 4) is 0 Å². The summed E-state index contributed by atoms with van der Waals surface area (Å²) >= 11 is 4.95. The molecule has 3 nitrogen and oxygen atoms in total. The summed E-state index contributed by atoms with van der Waals surface area (Å²) in [6.07, 6.45) is 3.76. The van der Waals surface area contributed by atoms with Gasteiger partial charge in [-0.15, -0.1) is 0 Å². The van der Waals surface area contributed by atoms with Gasteiger partial charge in [0.2, 0.25) is 0 Å². The van der Waals surface area contributed by atoms with Gasteiger partial charge >= 0.3 is 6.72 Å². The average molecular weight is 254 g/mol. The SMILES string of the molecule is CCCC(C)OP(O)(=S)OC(C)CCC. The summed E-state index contributed by atoms with van der Waals surface area (Å²) in [5.41, 5.74) is 0. The van der Waals surface area contributed by atoms with Crippen LogP contribution in [-0.2, 0) is 20.9 Å². The summed E-state index contributed by atoms with van der Waals surface area (Å²) in [5.74, 6) is 0. The minimum absolute atomic E-state index is 0.0281. The molecule has 0 heterocycles. The second-order valence-corrected chi connectivity index (χ2v) is 6.62. The minimum Gasteiger partial charge on any atom is -0.324 e. The van der Waals surface area contributed by atoms with Crippen molar-refractivity contribution >= 4 is 18.5 Å². The Bertz CT molecular complexity index is 193. The molecular weight excluding hydrogens is 231 g/mol. The molecule has 0 fully saturated rings. The molecule has 0 aromatic carbocycles. The van der Waals surface area contributed by atoms with Gasteiger partial charge in [0.1, 0.15) is 0 Å².